The van der Waals surface area contributed by atoms with Gasteiger partial charge in [0, 0.05) is 31.2 Å². The molecule has 2 aromatic carbocycles. The number of rotatable bonds is 7. The molecule has 170 valence electrons. The van der Waals surface area contributed by atoms with Crippen molar-refractivity contribution in [2.24, 2.45) is 0 Å². The van der Waals surface area contributed by atoms with E-state index < -0.39 is 27.6 Å². The first-order valence-electron chi connectivity index (χ1n) is 9.96. The SMILES string of the molecule is C=CC(=O)NC1CCN(S(=O)(=O)c2ccc(C(=O)NCc3ccc(F)c(F)c3)cc2)CC1. The maximum absolute atomic E-state index is 13.3. The second-order valence-corrected chi connectivity index (χ2v) is 9.28. The van der Waals surface area contributed by atoms with Gasteiger partial charge in [0.25, 0.3) is 5.91 Å². The fourth-order valence-corrected chi connectivity index (χ4v) is 4.83. The van der Waals surface area contributed by atoms with E-state index in [2.05, 4.69) is 17.2 Å². The third-order valence-electron chi connectivity index (χ3n) is 5.18. The highest BCUT2D eigenvalue weighted by Crippen LogP contribution is 2.21. The maximum atomic E-state index is 13.3. The highest BCUT2D eigenvalue weighted by atomic mass is 32.2. The molecular formula is C22H23F2N3O4S. The summed E-state index contributed by atoms with van der Waals surface area (Å²) in [4.78, 5) is 23.8. The van der Waals surface area contributed by atoms with Gasteiger partial charge in [-0.2, -0.15) is 4.31 Å². The van der Waals surface area contributed by atoms with E-state index in [1.165, 1.54) is 40.7 Å². The number of halogens is 2. The van der Waals surface area contributed by atoms with E-state index in [9.17, 15) is 26.8 Å². The van der Waals surface area contributed by atoms with Crippen LogP contribution in [-0.4, -0.2) is 43.7 Å². The number of piperidine rings is 1. The lowest BCUT2D eigenvalue weighted by atomic mass is 10.1. The molecule has 7 nitrogen and oxygen atoms in total. The van der Waals surface area contributed by atoms with Gasteiger partial charge in [-0.25, -0.2) is 17.2 Å². The Labute approximate surface area is 185 Å². The Morgan fingerprint density at radius 1 is 1.06 bits per heavy atom. The summed E-state index contributed by atoms with van der Waals surface area (Å²) in [5.41, 5.74) is 0.626. The molecule has 0 radical (unpaired) electrons. The first-order valence-corrected chi connectivity index (χ1v) is 11.4. The van der Waals surface area contributed by atoms with Crippen molar-refractivity contribution in [3.05, 3.63) is 77.9 Å². The lowest BCUT2D eigenvalue weighted by Crippen LogP contribution is -2.46. The van der Waals surface area contributed by atoms with Gasteiger partial charge in [0.15, 0.2) is 11.6 Å². The predicted octanol–water partition coefficient (Wildman–Crippen LogP) is 2.35. The van der Waals surface area contributed by atoms with Crippen LogP contribution >= 0.6 is 0 Å². The van der Waals surface area contributed by atoms with Gasteiger partial charge >= 0.3 is 0 Å². The van der Waals surface area contributed by atoms with E-state index in [1.54, 1.807) is 0 Å². The molecule has 1 heterocycles. The molecule has 1 aliphatic heterocycles. The van der Waals surface area contributed by atoms with Crippen LogP contribution in [0.4, 0.5) is 8.78 Å². The number of carbonyl (C=O) groups is 2. The van der Waals surface area contributed by atoms with E-state index in [0.29, 0.717) is 18.4 Å². The molecule has 0 saturated carbocycles. The molecule has 0 aliphatic carbocycles. The van der Waals surface area contributed by atoms with Crippen LogP contribution in [0, 0.1) is 11.6 Å². The van der Waals surface area contributed by atoms with Gasteiger partial charge in [0.05, 0.1) is 4.90 Å². The van der Waals surface area contributed by atoms with Crippen molar-refractivity contribution in [1.29, 1.82) is 0 Å². The topological polar surface area (TPSA) is 95.6 Å². The van der Waals surface area contributed by atoms with Gasteiger partial charge in [0.1, 0.15) is 0 Å². The molecular weight excluding hydrogens is 440 g/mol. The van der Waals surface area contributed by atoms with Gasteiger partial charge in [-0.05, 0) is 60.9 Å². The van der Waals surface area contributed by atoms with E-state index in [0.717, 1.165) is 12.1 Å². The summed E-state index contributed by atoms with van der Waals surface area (Å²) >= 11 is 0. The molecule has 0 bridgehead atoms. The summed E-state index contributed by atoms with van der Waals surface area (Å²) in [6, 6.07) is 8.73. The van der Waals surface area contributed by atoms with Crippen molar-refractivity contribution < 1.29 is 26.8 Å². The molecule has 0 atom stereocenters. The number of nitrogens with zero attached hydrogens (tertiary/aromatic N) is 1. The highest BCUT2D eigenvalue weighted by Gasteiger charge is 2.29. The largest absolute Gasteiger partial charge is 0.350 e. The number of nitrogens with one attached hydrogen (secondary N) is 2. The second-order valence-electron chi connectivity index (χ2n) is 7.35. The van der Waals surface area contributed by atoms with Crippen molar-refractivity contribution >= 4 is 21.8 Å². The molecule has 1 aliphatic rings. The fourth-order valence-electron chi connectivity index (χ4n) is 3.36. The predicted molar refractivity (Wildman–Crippen MR) is 114 cm³/mol. The zero-order valence-electron chi connectivity index (χ0n) is 17.2. The third kappa shape index (κ3) is 5.57. The molecule has 32 heavy (non-hydrogen) atoms. The van der Waals surface area contributed by atoms with Crippen molar-refractivity contribution in [2.75, 3.05) is 13.1 Å². The van der Waals surface area contributed by atoms with E-state index >= 15 is 0 Å². The summed E-state index contributed by atoms with van der Waals surface area (Å²) in [7, 11) is -3.73. The van der Waals surface area contributed by atoms with Crippen LogP contribution in [0.5, 0.6) is 0 Å². The number of sulfonamides is 1. The fraction of sp³-hybridized carbons (Fsp3) is 0.273. The lowest BCUT2D eigenvalue weighted by Gasteiger charge is -2.31. The first kappa shape index (κ1) is 23.6. The Balaban J connectivity index is 1.59. The van der Waals surface area contributed by atoms with Crippen LogP contribution in [0.25, 0.3) is 0 Å². The molecule has 2 N–H and O–H groups in total. The second kappa shape index (κ2) is 10.0. The van der Waals surface area contributed by atoms with Crippen LogP contribution in [0.3, 0.4) is 0 Å². The van der Waals surface area contributed by atoms with E-state index in [1.807, 2.05) is 0 Å². The zero-order chi connectivity index (χ0) is 23.3. The number of benzene rings is 2. The van der Waals surface area contributed by atoms with Crippen molar-refractivity contribution in [3.8, 4) is 0 Å². The van der Waals surface area contributed by atoms with E-state index in [-0.39, 0.29) is 42.0 Å². The van der Waals surface area contributed by atoms with Crippen LogP contribution in [0.15, 0.2) is 60.0 Å². The van der Waals surface area contributed by atoms with Crippen molar-refractivity contribution in [1.82, 2.24) is 14.9 Å². The summed E-state index contributed by atoms with van der Waals surface area (Å²) in [6.07, 6.45) is 2.16. The van der Waals surface area contributed by atoms with Crippen LogP contribution in [-0.2, 0) is 21.4 Å². The minimum Gasteiger partial charge on any atom is -0.350 e. The normalized spacial score (nSPS) is 15.2. The van der Waals surface area contributed by atoms with Crippen molar-refractivity contribution in [3.63, 3.8) is 0 Å². The quantitative estimate of drug-likeness (QED) is 0.617. The molecule has 0 spiro atoms. The molecule has 2 amide bonds. The summed E-state index contributed by atoms with van der Waals surface area (Å²) in [5, 5.41) is 5.35. The Bertz CT molecular complexity index is 1110. The lowest BCUT2D eigenvalue weighted by molar-refractivity contribution is -0.117. The van der Waals surface area contributed by atoms with Gasteiger partial charge in [-0.1, -0.05) is 12.6 Å². The number of carbonyl (C=O) groups excluding carboxylic acids is 2. The van der Waals surface area contributed by atoms with Gasteiger partial charge in [0.2, 0.25) is 15.9 Å². The number of hydrogen-bond donors (Lipinski definition) is 2. The summed E-state index contributed by atoms with van der Waals surface area (Å²) < 4.78 is 53.3. The Kier molecular flexibility index (Phi) is 7.37. The molecule has 1 saturated heterocycles. The Morgan fingerprint density at radius 2 is 1.72 bits per heavy atom. The minimum absolute atomic E-state index is 0.00653. The average molecular weight is 464 g/mol. The van der Waals surface area contributed by atoms with Crippen molar-refractivity contribution in [2.45, 2.75) is 30.3 Å². The molecule has 0 aromatic heterocycles. The number of amides is 2. The van der Waals surface area contributed by atoms with E-state index in [4.69, 9.17) is 0 Å². The smallest absolute Gasteiger partial charge is 0.251 e. The Morgan fingerprint density at radius 3 is 2.31 bits per heavy atom. The summed E-state index contributed by atoms with van der Waals surface area (Å²) in [6.45, 7) is 3.92. The molecule has 0 unspecified atom stereocenters. The maximum Gasteiger partial charge on any atom is 0.251 e. The van der Waals surface area contributed by atoms with Gasteiger partial charge in [-0.3, -0.25) is 9.59 Å². The zero-order valence-corrected chi connectivity index (χ0v) is 18.0. The highest BCUT2D eigenvalue weighted by molar-refractivity contribution is 7.89. The van der Waals surface area contributed by atoms with Crippen LogP contribution in [0.2, 0.25) is 0 Å². The molecule has 1 fully saturated rings. The third-order valence-corrected chi connectivity index (χ3v) is 7.09. The Hall–Kier alpha value is -3.11. The van der Waals surface area contributed by atoms with Gasteiger partial charge in [-0.15, -0.1) is 0 Å². The van der Waals surface area contributed by atoms with Crippen LogP contribution < -0.4 is 10.6 Å². The molecule has 2 aromatic rings. The monoisotopic (exact) mass is 463 g/mol. The first-order chi connectivity index (χ1) is 15.2. The average Bonchev–Trinajstić information content (AvgIpc) is 2.80. The number of hydrogen-bond acceptors (Lipinski definition) is 4. The molecule has 10 heteroatoms. The standard InChI is InChI=1S/C22H23F2N3O4S/c1-2-21(28)26-17-9-11-27(12-10-17)32(30,31)18-6-4-16(5-7-18)22(29)25-14-15-3-8-19(23)20(24)13-15/h2-8,13,17H,1,9-12,14H2,(H,25,29)(H,26,28). The molecule has 3 rings (SSSR count). The van der Waals surface area contributed by atoms with Gasteiger partial charge < -0.3 is 10.6 Å². The van der Waals surface area contributed by atoms with Crippen LogP contribution in [0.1, 0.15) is 28.8 Å². The summed E-state index contributed by atoms with van der Waals surface area (Å²) in [5.74, 6) is -2.73. The minimum atomic E-state index is -3.73.